The van der Waals surface area contributed by atoms with E-state index in [-0.39, 0.29) is 0 Å². The molecule has 0 spiro atoms. The Balaban J connectivity index is 1.64. The van der Waals surface area contributed by atoms with Gasteiger partial charge in [0.2, 0.25) is 0 Å². The fourth-order valence-corrected chi connectivity index (χ4v) is 41.1. The Bertz CT molecular complexity index is 441. The van der Waals surface area contributed by atoms with E-state index in [4.69, 9.17) is 12.2 Å². The van der Waals surface area contributed by atoms with Crippen molar-refractivity contribution in [3.63, 3.8) is 0 Å². The van der Waals surface area contributed by atoms with Crippen LogP contribution >= 0.6 is 21.2 Å². The van der Waals surface area contributed by atoms with E-state index in [1.54, 1.807) is 38.5 Å². The van der Waals surface area contributed by atoms with E-state index < -0.39 is 17.0 Å². The molecule has 4 aliphatic rings. The minimum atomic E-state index is -2.52. The Morgan fingerprint density at radius 1 is 0.571 bits per heavy atom. The Morgan fingerprint density at radius 3 is 1.32 bits per heavy atom. The van der Waals surface area contributed by atoms with Crippen LogP contribution in [-0.2, 0) is 0 Å². The van der Waals surface area contributed by atoms with Crippen molar-refractivity contribution in [3.8, 4) is 0 Å². The first kappa shape index (κ1) is 22.2. The van der Waals surface area contributed by atoms with Gasteiger partial charge in [-0.05, 0) is 0 Å². The Hall–Kier alpha value is 1.04. The molecule has 1 aliphatic heterocycles. The van der Waals surface area contributed by atoms with Crippen molar-refractivity contribution >= 4 is 42.5 Å². The van der Waals surface area contributed by atoms with Crippen molar-refractivity contribution in [1.82, 2.24) is 4.90 Å². The van der Waals surface area contributed by atoms with Crippen LogP contribution in [0.15, 0.2) is 0 Å². The van der Waals surface area contributed by atoms with E-state index in [1.165, 1.54) is 94.5 Å². The van der Waals surface area contributed by atoms with Crippen LogP contribution in [0.25, 0.3) is 0 Å². The van der Waals surface area contributed by atoms with Crippen LogP contribution in [0.2, 0.25) is 11.8 Å². The first-order valence-corrected chi connectivity index (χ1v) is 22.4. The topological polar surface area (TPSA) is 3.24 Å². The average molecular weight is 528 g/mol. The molecule has 4 heteroatoms. The van der Waals surface area contributed by atoms with E-state index in [0.29, 0.717) is 0 Å². The van der Waals surface area contributed by atoms with Gasteiger partial charge in [0.15, 0.2) is 0 Å². The van der Waals surface area contributed by atoms with Gasteiger partial charge >= 0.3 is 188 Å². The summed E-state index contributed by atoms with van der Waals surface area (Å²) >= 11 is 3.75. The molecular formula is C24H43NS2Sn. The first-order chi connectivity index (χ1) is 13.8. The van der Waals surface area contributed by atoms with Gasteiger partial charge in [0.25, 0.3) is 0 Å². The summed E-state index contributed by atoms with van der Waals surface area (Å²) < 4.78 is 4.81. The number of thiocarbonyl (C=S) groups is 1. The number of hydrogen-bond acceptors (Lipinski definition) is 2. The molecule has 0 unspecified atom stereocenters. The van der Waals surface area contributed by atoms with Gasteiger partial charge in [-0.1, -0.05) is 0 Å². The maximum absolute atomic E-state index is 6.27. The van der Waals surface area contributed by atoms with Gasteiger partial charge < -0.3 is 0 Å². The van der Waals surface area contributed by atoms with Gasteiger partial charge in [0.05, 0.1) is 0 Å². The zero-order valence-corrected chi connectivity index (χ0v) is 22.6. The van der Waals surface area contributed by atoms with Crippen molar-refractivity contribution < 1.29 is 0 Å². The SMILES string of the molecule is S=C([S][Sn]([CH]1CCCCC1)([CH]1CCCCC1)[CH]1CCCCC1)N1CCCCC1. The first-order valence-electron chi connectivity index (χ1n) is 12.8. The summed E-state index contributed by atoms with van der Waals surface area (Å²) in [6.07, 6.45) is 27.4. The molecule has 1 nitrogen and oxygen atoms in total. The zero-order valence-electron chi connectivity index (χ0n) is 18.1. The van der Waals surface area contributed by atoms with Crippen LogP contribution < -0.4 is 0 Å². The summed E-state index contributed by atoms with van der Waals surface area (Å²) in [4.78, 5) is 2.66. The standard InChI is InChI=1S/C6H11NS2.3C6H11.Sn/c8-6(9)7-4-2-1-3-5-7;3*1-2-4-6-5-3-1;/h1-5H2,(H,8,9);3*1H,2-6H2;/q;;;;+1/p-1. The number of nitrogens with zero attached hydrogens (tertiary/aromatic N) is 1. The molecule has 160 valence electrons. The van der Waals surface area contributed by atoms with Gasteiger partial charge in [0.1, 0.15) is 0 Å². The predicted molar refractivity (Wildman–Crippen MR) is 132 cm³/mol. The molecule has 4 rings (SSSR count). The van der Waals surface area contributed by atoms with Crippen molar-refractivity contribution in [2.75, 3.05) is 13.1 Å². The number of piperidine rings is 1. The number of rotatable bonds is 4. The molecule has 0 aromatic carbocycles. The fourth-order valence-electron chi connectivity index (χ4n) is 7.20. The third kappa shape index (κ3) is 5.09. The summed E-state index contributed by atoms with van der Waals surface area (Å²) in [5.41, 5.74) is 0. The third-order valence-corrected chi connectivity index (χ3v) is 38.4. The van der Waals surface area contributed by atoms with Gasteiger partial charge in [-0.2, -0.15) is 0 Å². The van der Waals surface area contributed by atoms with Crippen LogP contribution in [0.1, 0.15) is 116 Å². The second kappa shape index (κ2) is 11.1. The molecule has 1 heterocycles. The monoisotopic (exact) mass is 529 g/mol. The fraction of sp³-hybridized carbons (Fsp3) is 0.958. The molecule has 3 aliphatic carbocycles. The maximum atomic E-state index is 6.27. The van der Waals surface area contributed by atoms with Crippen molar-refractivity contribution in [1.29, 1.82) is 0 Å². The predicted octanol–water partition coefficient (Wildman–Crippen LogP) is 8.44. The van der Waals surface area contributed by atoms with E-state index in [1.807, 2.05) is 0 Å². The summed E-state index contributed by atoms with van der Waals surface area (Å²) in [7, 11) is 2.49. The molecule has 0 radical (unpaired) electrons. The molecule has 0 aromatic heterocycles. The van der Waals surface area contributed by atoms with Gasteiger partial charge in [0, 0.05) is 0 Å². The molecule has 0 amide bonds. The summed E-state index contributed by atoms with van der Waals surface area (Å²) in [6, 6.07) is 0. The van der Waals surface area contributed by atoms with Crippen LogP contribution in [0.4, 0.5) is 0 Å². The second-order valence-corrected chi connectivity index (χ2v) is 29.9. The summed E-state index contributed by atoms with van der Waals surface area (Å²) in [5.74, 6) is 0. The normalized spacial score (nSPS) is 27.1. The van der Waals surface area contributed by atoms with Gasteiger partial charge in [-0.15, -0.1) is 0 Å². The molecular weight excluding hydrogens is 485 g/mol. The van der Waals surface area contributed by atoms with E-state index in [0.717, 1.165) is 11.8 Å². The molecule has 4 fully saturated rings. The third-order valence-electron chi connectivity index (χ3n) is 8.61. The molecule has 0 N–H and O–H groups in total. The molecule has 0 atom stereocenters. The van der Waals surface area contributed by atoms with E-state index >= 15 is 0 Å². The van der Waals surface area contributed by atoms with E-state index in [2.05, 4.69) is 13.8 Å². The Kier molecular flexibility index (Phi) is 8.79. The van der Waals surface area contributed by atoms with Crippen molar-refractivity contribution in [2.45, 2.75) is 127 Å². The number of hydrogen-bond donors (Lipinski definition) is 0. The van der Waals surface area contributed by atoms with E-state index in [9.17, 15) is 0 Å². The minimum absolute atomic E-state index is 1.14. The average Bonchev–Trinajstić information content (AvgIpc) is 2.80. The van der Waals surface area contributed by atoms with Crippen LogP contribution in [0.5, 0.6) is 0 Å². The summed E-state index contributed by atoms with van der Waals surface area (Å²) in [5, 5.41) is 0. The van der Waals surface area contributed by atoms with Crippen molar-refractivity contribution in [3.05, 3.63) is 0 Å². The Labute approximate surface area is 186 Å². The molecule has 1 saturated heterocycles. The summed E-state index contributed by atoms with van der Waals surface area (Å²) in [6.45, 7) is 2.52. The zero-order chi connectivity index (χ0) is 19.2. The van der Waals surface area contributed by atoms with Gasteiger partial charge in [-0.25, -0.2) is 0 Å². The van der Waals surface area contributed by atoms with Crippen LogP contribution in [-0.4, -0.2) is 39.3 Å². The second-order valence-electron chi connectivity index (χ2n) is 10.3. The number of likely N-dealkylation sites (tertiary alicyclic amines) is 1. The Morgan fingerprint density at radius 2 is 0.929 bits per heavy atom. The van der Waals surface area contributed by atoms with Crippen LogP contribution in [0, 0.1) is 0 Å². The van der Waals surface area contributed by atoms with Crippen LogP contribution in [0.3, 0.4) is 0 Å². The molecule has 0 aromatic rings. The molecule has 3 saturated carbocycles. The quantitative estimate of drug-likeness (QED) is 0.266. The molecule has 0 bridgehead atoms. The van der Waals surface area contributed by atoms with Gasteiger partial charge in [-0.3, -0.25) is 0 Å². The molecule has 28 heavy (non-hydrogen) atoms. The van der Waals surface area contributed by atoms with Crippen molar-refractivity contribution in [2.24, 2.45) is 0 Å².